The maximum Gasteiger partial charge on any atom is 0.326 e. The number of Topliss-reactive ketones (excluding diaryl/α,β-unsaturated/α-hetero) is 1. The fourth-order valence-electron chi connectivity index (χ4n) is 3.18. The van der Waals surface area contributed by atoms with Crippen LogP contribution in [0, 0.1) is 5.92 Å². The van der Waals surface area contributed by atoms with Crippen molar-refractivity contribution in [3.05, 3.63) is 0 Å². The molecule has 4 atom stereocenters. The SMILES string of the molecule is CCC1CCC(C)C(O)(C(=O)C(=O)N2CCCC2C(=O)O)O1. The van der Waals surface area contributed by atoms with Gasteiger partial charge in [-0.1, -0.05) is 13.8 Å². The second-order valence-electron chi connectivity index (χ2n) is 6.15. The first kappa shape index (κ1) is 16.9. The topological polar surface area (TPSA) is 104 Å². The number of carbonyl (C=O) groups excluding carboxylic acids is 2. The zero-order valence-corrected chi connectivity index (χ0v) is 12.9. The number of amides is 1. The molecule has 0 aromatic heterocycles. The molecule has 7 nitrogen and oxygen atoms in total. The van der Waals surface area contributed by atoms with Gasteiger partial charge in [0.1, 0.15) is 6.04 Å². The van der Waals surface area contributed by atoms with Crippen molar-refractivity contribution in [3.63, 3.8) is 0 Å². The first-order valence-electron chi connectivity index (χ1n) is 7.79. The minimum atomic E-state index is -2.15. The summed E-state index contributed by atoms with van der Waals surface area (Å²) in [5, 5.41) is 19.7. The number of hydrogen-bond acceptors (Lipinski definition) is 5. The van der Waals surface area contributed by atoms with Crippen molar-refractivity contribution in [2.75, 3.05) is 6.54 Å². The van der Waals surface area contributed by atoms with Crippen LogP contribution in [0.25, 0.3) is 0 Å². The van der Waals surface area contributed by atoms with Gasteiger partial charge in [-0.15, -0.1) is 0 Å². The highest BCUT2D eigenvalue weighted by Crippen LogP contribution is 2.35. The van der Waals surface area contributed by atoms with Crippen LogP contribution in [0.3, 0.4) is 0 Å². The highest BCUT2D eigenvalue weighted by atomic mass is 16.6. The summed E-state index contributed by atoms with van der Waals surface area (Å²) in [5.74, 6) is -5.80. The van der Waals surface area contributed by atoms with E-state index in [1.165, 1.54) is 0 Å². The minimum absolute atomic E-state index is 0.212. The number of aliphatic carboxylic acids is 1. The first-order chi connectivity index (χ1) is 10.3. The third kappa shape index (κ3) is 2.87. The summed E-state index contributed by atoms with van der Waals surface area (Å²) in [6.07, 6.45) is 2.52. The lowest BCUT2D eigenvalue weighted by atomic mass is 9.86. The quantitative estimate of drug-likeness (QED) is 0.734. The van der Waals surface area contributed by atoms with Crippen molar-refractivity contribution < 1.29 is 29.3 Å². The fourth-order valence-corrected chi connectivity index (χ4v) is 3.18. The van der Waals surface area contributed by atoms with Gasteiger partial charge in [-0.2, -0.15) is 0 Å². The largest absolute Gasteiger partial charge is 0.480 e. The second-order valence-corrected chi connectivity index (χ2v) is 6.15. The van der Waals surface area contributed by atoms with Crippen LogP contribution in [0.2, 0.25) is 0 Å². The summed E-state index contributed by atoms with van der Waals surface area (Å²) >= 11 is 0. The predicted octanol–water partition coefficient (Wildman–Crippen LogP) is 0.545. The molecule has 0 bridgehead atoms. The van der Waals surface area contributed by atoms with Gasteiger partial charge in [0.05, 0.1) is 6.10 Å². The molecule has 0 aromatic rings. The Labute approximate surface area is 129 Å². The van der Waals surface area contributed by atoms with Crippen LogP contribution >= 0.6 is 0 Å². The number of carboxylic acid groups (broad SMARTS) is 1. The Morgan fingerprint density at radius 3 is 2.55 bits per heavy atom. The third-order valence-electron chi connectivity index (χ3n) is 4.71. The summed E-state index contributed by atoms with van der Waals surface area (Å²) in [7, 11) is 0. The van der Waals surface area contributed by atoms with Gasteiger partial charge in [0.15, 0.2) is 0 Å². The lowest BCUT2D eigenvalue weighted by Crippen LogP contribution is -2.58. The normalized spacial score (nSPS) is 35.4. The fraction of sp³-hybridized carbons (Fsp3) is 0.800. The Hall–Kier alpha value is -1.47. The number of carboxylic acids is 1. The van der Waals surface area contributed by atoms with Gasteiger partial charge < -0.3 is 19.8 Å². The van der Waals surface area contributed by atoms with Gasteiger partial charge in [-0.05, 0) is 32.1 Å². The van der Waals surface area contributed by atoms with E-state index in [2.05, 4.69) is 0 Å². The zero-order valence-electron chi connectivity index (χ0n) is 12.9. The molecule has 2 aliphatic heterocycles. The predicted molar refractivity (Wildman–Crippen MR) is 75.9 cm³/mol. The van der Waals surface area contributed by atoms with E-state index in [1.54, 1.807) is 6.92 Å². The van der Waals surface area contributed by atoms with Gasteiger partial charge in [0.25, 0.3) is 11.7 Å². The number of carbonyl (C=O) groups is 3. The molecule has 124 valence electrons. The van der Waals surface area contributed by atoms with E-state index in [4.69, 9.17) is 9.84 Å². The number of rotatable bonds is 4. The molecule has 2 heterocycles. The van der Waals surface area contributed by atoms with E-state index in [9.17, 15) is 19.5 Å². The highest BCUT2D eigenvalue weighted by Gasteiger charge is 2.52. The third-order valence-corrected chi connectivity index (χ3v) is 4.71. The molecule has 7 heteroatoms. The van der Waals surface area contributed by atoms with E-state index in [-0.39, 0.29) is 12.6 Å². The average Bonchev–Trinajstić information content (AvgIpc) is 2.98. The number of nitrogens with zero attached hydrogens (tertiary/aromatic N) is 1. The molecule has 4 unspecified atom stereocenters. The molecule has 0 spiro atoms. The van der Waals surface area contributed by atoms with Gasteiger partial charge in [0.2, 0.25) is 5.79 Å². The number of aliphatic hydroxyl groups is 1. The minimum Gasteiger partial charge on any atom is -0.480 e. The summed E-state index contributed by atoms with van der Waals surface area (Å²) in [4.78, 5) is 37.1. The molecule has 0 radical (unpaired) electrons. The average molecular weight is 313 g/mol. The van der Waals surface area contributed by atoms with Gasteiger partial charge in [-0.25, -0.2) is 4.79 Å². The molecule has 2 N–H and O–H groups in total. The number of hydrogen-bond donors (Lipinski definition) is 2. The van der Waals surface area contributed by atoms with Crippen molar-refractivity contribution in [2.45, 2.75) is 63.9 Å². The summed E-state index contributed by atoms with van der Waals surface area (Å²) in [6.45, 7) is 3.76. The number of ketones is 1. The Bertz CT molecular complexity index is 479. The van der Waals surface area contributed by atoms with Crippen molar-refractivity contribution in [1.29, 1.82) is 0 Å². The Balaban J connectivity index is 2.18. The van der Waals surface area contributed by atoms with Crippen LogP contribution in [0.4, 0.5) is 0 Å². The molecule has 1 amide bonds. The van der Waals surface area contributed by atoms with Crippen molar-refractivity contribution >= 4 is 17.7 Å². The molecular weight excluding hydrogens is 290 g/mol. The highest BCUT2D eigenvalue weighted by molar-refractivity contribution is 6.39. The van der Waals surface area contributed by atoms with Gasteiger partial charge in [-0.3, -0.25) is 9.59 Å². The van der Waals surface area contributed by atoms with E-state index >= 15 is 0 Å². The Kier molecular flexibility index (Phi) is 4.87. The molecule has 2 saturated heterocycles. The van der Waals surface area contributed by atoms with Crippen molar-refractivity contribution in [1.82, 2.24) is 4.90 Å². The molecule has 0 aromatic carbocycles. The first-order valence-corrected chi connectivity index (χ1v) is 7.79. The van der Waals surface area contributed by atoms with E-state index in [1.807, 2.05) is 6.92 Å². The van der Waals surface area contributed by atoms with Crippen LogP contribution in [-0.2, 0) is 19.1 Å². The summed E-state index contributed by atoms with van der Waals surface area (Å²) in [6, 6.07) is -0.999. The van der Waals surface area contributed by atoms with Crippen LogP contribution < -0.4 is 0 Å². The lowest BCUT2D eigenvalue weighted by Gasteiger charge is -2.40. The van der Waals surface area contributed by atoms with Crippen LogP contribution in [-0.4, -0.2) is 57.3 Å². The Morgan fingerprint density at radius 1 is 1.27 bits per heavy atom. The van der Waals surface area contributed by atoms with Crippen LogP contribution in [0.5, 0.6) is 0 Å². The molecule has 22 heavy (non-hydrogen) atoms. The van der Waals surface area contributed by atoms with Crippen LogP contribution in [0.1, 0.15) is 46.0 Å². The van der Waals surface area contributed by atoms with E-state index in [0.29, 0.717) is 25.7 Å². The zero-order chi connectivity index (χ0) is 16.5. The number of ether oxygens (including phenoxy) is 1. The van der Waals surface area contributed by atoms with E-state index in [0.717, 1.165) is 11.3 Å². The molecule has 0 aliphatic carbocycles. The molecular formula is C15H23NO6. The lowest BCUT2D eigenvalue weighted by molar-refractivity contribution is -0.262. The Morgan fingerprint density at radius 2 is 1.95 bits per heavy atom. The van der Waals surface area contributed by atoms with Crippen LogP contribution in [0.15, 0.2) is 0 Å². The second kappa shape index (κ2) is 6.34. The molecule has 2 fully saturated rings. The van der Waals surface area contributed by atoms with Gasteiger partial charge >= 0.3 is 5.97 Å². The number of likely N-dealkylation sites (tertiary alicyclic amines) is 1. The summed E-state index contributed by atoms with van der Waals surface area (Å²) in [5.41, 5.74) is 0. The van der Waals surface area contributed by atoms with Crippen molar-refractivity contribution in [3.8, 4) is 0 Å². The monoisotopic (exact) mass is 313 g/mol. The van der Waals surface area contributed by atoms with Gasteiger partial charge in [0, 0.05) is 12.5 Å². The standard InChI is InChI=1S/C15H23NO6/c1-3-10-7-6-9(2)15(21,22-10)12(17)13(18)16-8-4-5-11(16)14(19)20/h9-11,21H,3-8H2,1-2H3,(H,19,20). The molecule has 0 saturated carbocycles. The van der Waals surface area contributed by atoms with E-state index < -0.39 is 35.4 Å². The maximum absolute atomic E-state index is 12.5. The summed E-state index contributed by atoms with van der Waals surface area (Å²) < 4.78 is 5.48. The molecule has 2 aliphatic rings. The maximum atomic E-state index is 12.5. The molecule has 2 rings (SSSR count). The smallest absolute Gasteiger partial charge is 0.326 e. The van der Waals surface area contributed by atoms with Crippen molar-refractivity contribution in [2.24, 2.45) is 5.92 Å².